The zero-order valence-electron chi connectivity index (χ0n) is 8.02. The third-order valence-electron chi connectivity index (χ3n) is 2.57. The summed E-state index contributed by atoms with van der Waals surface area (Å²) in [5.41, 5.74) is 0. The molecule has 1 heterocycles. The summed E-state index contributed by atoms with van der Waals surface area (Å²) in [6.07, 6.45) is 7.88. The quantitative estimate of drug-likeness (QED) is 0.529. The molecule has 76 valence electrons. The van der Waals surface area contributed by atoms with Crippen molar-refractivity contribution in [2.45, 2.75) is 25.3 Å². The second-order valence-corrected chi connectivity index (χ2v) is 3.85. The molecule has 0 radical (unpaired) electrons. The van der Waals surface area contributed by atoms with Crippen molar-refractivity contribution in [3.8, 4) is 0 Å². The normalized spacial score (nSPS) is 25.5. The van der Waals surface area contributed by atoms with E-state index in [4.69, 9.17) is 5.11 Å². The lowest BCUT2D eigenvalue weighted by atomic mass is 10.0. The minimum Gasteiger partial charge on any atom is -0.395 e. The summed E-state index contributed by atoms with van der Waals surface area (Å²) in [4.78, 5) is 2.35. The van der Waals surface area contributed by atoms with E-state index in [0.717, 1.165) is 25.3 Å². The van der Waals surface area contributed by atoms with Gasteiger partial charge in [0.05, 0.1) is 6.61 Å². The smallest absolute Gasteiger partial charge is 0.0586 e. The number of nitrogens with zero attached hydrogens (tertiary/aromatic N) is 1. The second kappa shape index (κ2) is 6.46. The Morgan fingerprint density at radius 2 is 2.23 bits per heavy atom. The van der Waals surface area contributed by atoms with E-state index in [1.54, 1.807) is 0 Å². The molecule has 1 aliphatic heterocycles. The lowest BCUT2D eigenvalue weighted by Gasteiger charge is -2.33. The number of rotatable bonds is 4. The van der Waals surface area contributed by atoms with Crippen LogP contribution in [0.5, 0.6) is 0 Å². The molecule has 0 amide bonds. The maximum Gasteiger partial charge on any atom is 0.0586 e. The lowest BCUT2D eigenvalue weighted by Crippen LogP contribution is -2.41. The Morgan fingerprint density at radius 3 is 2.92 bits per heavy atom. The van der Waals surface area contributed by atoms with E-state index in [2.05, 4.69) is 29.7 Å². The largest absolute Gasteiger partial charge is 0.395 e. The third kappa shape index (κ3) is 3.71. The average molecular weight is 201 g/mol. The SMILES string of the molecule is OCC1CCCCN1CC=CCS. The molecule has 1 N–H and O–H groups in total. The molecule has 3 heteroatoms. The van der Waals surface area contributed by atoms with Crippen LogP contribution in [0.25, 0.3) is 0 Å². The van der Waals surface area contributed by atoms with Crippen LogP contribution in [-0.2, 0) is 0 Å². The van der Waals surface area contributed by atoms with Gasteiger partial charge in [-0.1, -0.05) is 18.6 Å². The fourth-order valence-electron chi connectivity index (χ4n) is 1.79. The van der Waals surface area contributed by atoms with Gasteiger partial charge in [0.1, 0.15) is 0 Å². The van der Waals surface area contributed by atoms with Gasteiger partial charge < -0.3 is 5.11 Å². The van der Waals surface area contributed by atoms with Crippen molar-refractivity contribution in [3.05, 3.63) is 12.2 Å². The standard InChI is InChI=1S/C10H19NOS/c12-9-10-5-1-2-6-11(10)7-3-4-8-13/h3-4,10,12-13H,1-2,5-9H2. The van der Waals surface area contributed by atoms with Crippen LogP contribution in [0.4, 0.5) is 0 Å². The van der Waals surface area contributed by atoms with Gasteiger partial charge in [-0.25, -0.2) is 0 Å². The van der Waals surface area contributed by atoms with E-state index in [1.165, 1.54) is 12.8 Å². The van der Waals surface area contributed by atoms with Crippen LogP contribution in [0.3, 0.4) is 0 Å². The number of hydrogen-bond acceptors (Lipinski definition) is 3. The van der Waals surface area contributed by atoms with Gasteiger partial charge in [0, 0.05) is 18.3 Å². The Bertz CT molecular complexity index is 161. The fourth-order valence-corrected chi connectivity index (χ4v) is 1.94. The molecule has 1 saturated heterocycles. The first-order valence-electron chi connectivity index (χ1n) is 4.99. The monoisotopic (exact) mass is 201 g/mol. The van der Waals surface area contributed by atoms with E-state index in [0.29, 0.717) is 12.6 Å². The molecule has 1 aliphatic rings. The van der Waals surface area contributed by atoms with Gasteiger partial charge in [0.15, 0.2) is 0 Å². The molecule has 0 aliphatic carbocycles. The van der Waals surface area contributed by atoms with Crippen LogP contribution in [0.1, 0.15) is 19.3 Å². The number of hydrogen-bond donors (Lipinski definition) is 2. The minimum atomic E-state index is 0.300. The summed E-state index contributed by atoms with van der Waals surface area (Å²) in [6.45, 7) is 2.39. The van der Waals surface area contributed by atoms with Crippen molar-refractivity contribution in [1.29, 1.82) is 0 Å². The molecular weight excluding hydrogens is 182 g/mol. The number of aliphatic hydroxyl groups is 1. The summed E-state index contributed by atoms with van der Waals surface area (Å²) in [7, 11) is 0. The maximum atomic E-state index is 9.14. The van der Waals surface area contributed by atoms with Crippen molar-refractivity contribution >= 4 is 12.6 Å². The van der Waals surface area contributed by atoms with Crippen LogP contribution in [0.15, 0.2) is 12.2 Å². The molecule has 0 aromatic carbocycles. The molecule has 13 heavy (non-hydrogen) atoms. The summed E-state index contributed by atoms with van der Waals surface area (Å²) < 4.78 is 0. The Labute approximate surface area is 86.0 Å². The number of aliphatic hydroxyl groups excluding tert-OH is 1. The Kier molecular flexibility index (Phi) is 5.51. The number of likely N-dealkylation sites (tertiary alicyclic amines) is 1. The molecule has 1 rings (SSSR count). The first-order valence-corrected chi connectivity index (χ1v) is 5.62. The van der Waals surface area contributed by atoms with Crippen LogP contribution in [0, 0.1) is 0 Å². The number of thiol groups is 1. The predicted octanol–water partition coefficient (Wildman–Crippen LogP) is 1.32. The molecule has 0 spiro atoms. The fraction of sp³-hybridized carbons (Fsp3) is 0.800. The van der Waals surface area contributed by atoms with E-state index >= 15 is 0 Å². The first-order chi connectivity index (χ1) is 6.38. The van der Waals surface area contributed by atoms with Crippen LogP contribution >= 0.6 is 12.6 Å². The highest BCUT2D eigenvalue weighted by Crippen LogP contribution is 2.15. The molecule has 1 unspecified atom stereocenters. The van der Waals surface area contributed by atoms with E-state index in [9.17, 15) is 0 Å². The van der Waals surface area contributed by atoms with Crippen LogP contribution in [0.2, 0.25) is 0 Å². The molecule has 0 saturated carbocycles. The average Bonchev–Trinajstić information content (AvgIpc) is 2.19. The third-order valence-corrected chi connectivity index (χ3v) is 2.78. The molecule has 2 nitrogen and oxygen atoms in total. The van der Waals surface area contributed by atoms with Crippen molar-refractivity contribution in [2.75, 3.05) is 25.4 Å². The zero-order valence-corrected chi connectivity index (χ0v) is 8.92. The van der Waals surface area contributed by atoms with Crippen LogP contribution in [-0.4, -0.2) is 41.5 Å². The predicted molar refractivity (Wildman–Crippen MR) is 59.3 cm³/mol. The van der Waals surface area contributed by atoms with Gasteiger partial charge in [-0.2, -0.15) is 12.6 Å². The maximum absolute atomic E-state index is 9.14. The number of piperidine rings is 1. The van der Waals surface area contributed by atoms with Gasteiger partial charge in [0.2, 0.25) is 0 Å². The van der Waals surface area contributed by atoms with E-state index < -0.39 is 0 Å². The topological polar surface area (TPSA) is 23.5 Å². The highest BCUT2D eigenvalue weighted by molar-refractivity contribution is 7.80. The lowest BCUT2D eigenvalue weighted by molar-refractivity contribution is 0.101. The molecular formula is C10H19NOS. The second-order valence-electron chi connectivity index (χ2n) is 3.48. The highest BCUT2D eigenvalue weighted by atomic mass is 32.1. The van der Waals surface area contributed by atoms with E-state index in [-0.39, 0.29) is 0 Å². The Hall–Kier alpha value is 0.01000. The van der Waals surface area contributed by atoms with Gasteiger partial charge in [-0.15, -0.1) is 0 Å². The van der Waals surface area contributed by atoms with Gasteiger partial charge in [0.25, 0.3) is 0 Å². The molecule has 0 aromatic rings. The molecule has 1 atom stereocenters. The summed E-state index contributed by atoms with van der Waals surface area (Å²) in [5.74, 6) is 0.803. The van der Waals surface area contributed by atoms with Crippen LogP contribution < -0.4 is 0 Å². The molecule has 0 bridgehead atoms. The highest BCUT2D eigenvalue weighted by Gasteiger charge is 2.19. The van der Waals surface area contributed by atoms with Gasteiger partial charge in [-0.3, -0.25) is 4.90 Å². The van der Waals surface area contributed by atoms with E-state index in [1.807, 2.05) is 0 Å². The molecule has 1 fully saturated rings. The summed E-state index contributed by atoms with van der Waals surface area (Å²) in [6, 6.07) is 0.387. The first kappa shape index (κ1) is 11.1. The van der Waals surface area contributed by atoms with Crippen molar-refractivity contribution in [1.82, 2.24) is 4.90 Å². The Balaban J connectivity index is 2.31. The van der Waals surface area contributed by atoms with Crippen molar-refractivity contribution in [3.63, 3.8) is 0 Å². The summed E-state index contributed by atoms with van der Waals surface area (Å²) in [5, 5.41) is 9.14. The van der Waals surface area contributed by atoms with Crippen molar-refractivity contribution in [2.24, 2.45) is 0 Å². The van der Waals surface area contributed by atoms with Gasteiger partial charge >= 0.3 is 0 Å². The summed E-state index contributed by atoms with van der Waals surface area (Å²) >= 11 is 4.11. The Morgan fingerprint density at radius 1 is 1.38 bits per heavy atom. The van der Waals surface area contributed by atoms with Crippen molar-refractivity contribution < 1.29 is 5.11 Å². The molecule has 0 aromatic heterocycles. The zero-order chi connectivity index (χ0) is 9.52. The minimum absolute atomic E-state index is 0.300. The van der Waals surface area contributed by atoms with Gasteiger partial charge in [-0.05, 0) is 19.4 Å².